The largest absolute Gasteiger partial charge is 0.399 e. The summed E-state index contributed by atoms with van der Waals surface area (Å²) in [6.07, 6.45) is 7.59. The van der Waals surface area contributed by atoms with Gasteiger partial charge in [0, 0.05) is 28.9 Å². The molecule has 1 heterocycles. The van der Waals surface area contributed by atoms with Gasteiger partial charge in [0.2, 0.25) is 0 Å². The molecule has 0 radical (unpaired) electrons. The Hall–Kier alpha value is -2.30. The Morgan fingerprint density at radius 2 is 1.95 bits per heavy atom. The van der Waals surface area contributed by atoms with Crippen molar-refractivity contribution in [2.24, 2.45) is 0 Å². The number of nitrogens with zero attached hydrogens (tertiary/aromatic N) is 1. The molecule has 0 saturated heterocycles. The molecule has 4 N–H and O–H groups in total. The second-order valence-electron chi connectivity index (χ2n) is 5.98. The van der Waals surface area contributed by atoms with E-state index in [1.807, 2.05) is 6.07 Å². The van der Waals surface area contributed by atoms with Crippen molar-refractivity contribution >= 4 is 17.4 Å². The van der Waals surface area contributed by atoms with Crippen molar-refractivity contribution in [3.8, 4) is 0 Å². The van der Waals surface area contributed by atoms with Crippen LogP contribution in [0.5, 0.6) is 0 Å². The summed E-state index contributed by atoms with van der Waals surface area (Å²) in [5, 5.41) is 10.1. The number of nitrogens with one attached hydrogen (secondary N) is 2. The van der Waals surface area contributed by atoms with Gasteiger partial charge < -0.3 is 11.1 Å². The van der Waals surface area contributed by atoms with Gasteiger partial charge in [-0.1, -0.05) is 31.7 Å². The topological polar surface area (TPSA) is 83.8 Å². The highest BCUT2D eigenvalue weighted by Crippen LogP contribution is 2.31. The van der Waals surface area contributed by atoms with E-state index in [-0.39, 0.29) is 5.91 Å². The summed E-state index contributed by atoms with van der Waals surface area (Å²) in [7, 11) is 0. The molecule has 22 heavy (non-hydrogen) atoms. The zero-order valence-electron chi connectivity index (χ0n) is 12.6. The van der Waals surface area contributed by atoms with Crippen LogP contribution < -0.4 is 11.1 Å². The Labute approximate surface area is 130 Å². The third-order valence-electron chi connectivity index (χ3n) is 4.28. The molecule has 0 atom stereocenters. The van der Waals surface area contributed by atoms with Crippen molar-refractivity contribution < 1.29 is 4.79 Å². The molecule has 1 saturated carbocycles. The number of hydrogen-bond donors (Lipinski definition) is 3. The normalized spacial score (nSPS) is 16.2. The minimum Gasteiger partial charge on any atom is -0.399 e. The molecular formula is C17H22N4O. The van der Waals surface area contributed by atoms with Crippen molar-refractivity contribution in [2.75, 3.05) is 11.1 Å². The van der Waals surface area contributed by atoms with Crippen molar-refractivity contribution in [1.29, 1.82) is 0 Å². The maximum absolute atomic E-state index is 12.2. The van der Waals surface area contributed by atoms with E-state index in [9.17, 15) is 4.79 Å². The van der Waals surface area contributed by atoms with E-state index >= 15 is 0 Å². The predicted molar refractivity (Wildman–Crippen MR) is 87.8 cm³/mol. The second-order valence-corrected chi connectivity index (χ2v) is 5.98. The third-order valence-corrected chi connectivity index (χ3v) is 4.28. The summed E-state index contributed by atoms with van der Waals surface area (Å²) < 4.78 is 0. The highest BCUT2D eigenvalue weighted by Gasteiger charge is 2.17. The molecule has 2 aromatic rings. The van der Waals surface area contributed by atoms with E-state index < -0.39 is 0 Å². The van der Waals surface area contributed by atoms with Gasteiger partial charge in [-0.05, 0) is 31.0 Å². The van der Waals surface area contributed by atoms with Gasteiger partial charge in [0.05, 0.1) is 0 Å². The first-order valence-electron chi connectivity index (χ1n) is 7.94. The maximum Gasteiger partial charge on any atom is 0.256 e. The fourth-order valence-corrected chi connectivity index (χ4v) is 3.07. The van der Waals surface area contributed by atoms with Crippen LogP contribution in [-0.2, 0) is 0 Å². The number of hydrogen-bond acceptors (Lipinski definition) is 3. The number of carbonyl (C=O) groups is 1. The molecule has 1 amide bonds. The lowest BCUT2D eigenvalue weighted by molar-refractivity contribution is 0.102. The summed E-state index contributed by atoms with van der Waals surface area (Å²) in [5.74, 6) is 0.922. The highest BCUT2D eigenvalue weighted by molar-refractivity contribution is 6.04. The minimum absolute atomic E-state index is 0.189. The highest BCUT2D eigenvalue weighted by atomic mass is 16.1. The van der Waals surface area contributed by atoms with Crippen LogP contribution in [0.3, 0.4) is 0 Å². The molecule has 0 bridgehead atoms. The molecule has 3 rings (SSSR count). The van der Waals surface area contributed by atoms with Gasteiger partial charge in [0.15, 0.2) is 5.82 Å². The van der Waals surface area contributed by atoms with E-state index in [1.165, 1.54) is 38.5 Å². The van der Waals surface area contributed by atoms with Crippen LogP contribution in [-0.4, -0.2) is 16.1 Å². The van der Waals surface area contributed by atoms with Gasteiger partial charge in [0.25, 0.3) is 5.91 Å². The Morgan fingerprint density at radius 1 is 1.18 bits per heavy atom. The smallest absolute Gasteiger partial charge is 0.256 e. The Bertz CT molecular complexity index is 642. The first-order valence-corrected chi connectivity index (χ1v) is 7.94. The number of carbonyl (C=O) groups excluding carboxylic acids is 1. The van der Waals surface area contributed by atoms with E-state index in [1.54, 1.807) is 24.3 Å². The number of amides is 1. The number of aromatic amines is 1. The lowest BCUT2D eigenvalue weighted by Gasteiger charge is -2.10. The first kappa shape index (κ1) is 14.6. The van der Waals surface area contributed by atoms with Crippen LogP contribution in [0.15, 0.2) is 30.3 Å². The Balaban J connectivity index is 1.67. The molecule has 0 spiro atoms. The summed E-state index contributed by atoms with van der Waals surface area (Å²) in [6.45, 7) is 0. The first-order chi connectivity index (χ1) is 10.7. The third kappa shape index (κ3) is 3.47. The molecule has 116 valence electrons. The molecule has 0 aliphatic heterocycles. The standard InChI is InChI=1S/C17H22N4O/c18-14-9-5-8-13(10-14)17(22)19-16-11-15(20-21-16)12-6-3-1-2-4-7-12/h5,8-12H,1-4,6-7,18H2,(H2,19,20,21,22). The summed E-state index contributed by atoms with van der Waals surface area (Å²) >= 11 is 0. The predicted octanol–water partition coefficient (Wildman–Crippen LogP) is 3.68. The molecule has 1 aromatic carbocycles. The molecule has 1 aromatic heterocycles. The van der Waals surface area contributed by atoms with E-state index in [2.05, 4.69) is 15.5 Å². The Kier molecular flexibility index (Phi) is 4.42. The maximum atomic E-state index is 12.2. The lowest BCUT2D eigenvalue weighted by atomic mass is 9.97. The lowest BCUT2D eigenvalue weighted by Crippen LogP contribution is -2.12. The quantitative estimate of drug-likeness (QED) is 0.597. The number of rotatable bonds is 3. The molecule has 1 fully saturated rings. The number of benzene rings is 1. The van der Waals surface area contributed by atoms with Crippen LogP contribution in [0.4, 0.5) is 11.5 Å². The monoisotopic (exact) mass is 298 g/mol. The molecule has 5 heteroatoms. The zero-order valence-corrected chi connectivity index (χ0v) is 12.6. The molecule has 0 unspecified atom stereocenters. The van der Waals surface area contributed by atoms with E-state index in [0.29, 0.717) is 23.0 Å². The number of H-pyrrole nitrogens is 1. The number of anilines is 2. The van der Waals surface area contributed by atoms with Crippen LogP contribution in [0, 0.1) is 0 Å². The van der Waals surface area contributed by atoms with Gasteiger partial charge in [-0.25, -0.2) is 0 Å². The van der Waals surface area contributed by atoms with Crippen molar-refractivity contribution in [2.45, 2.75) is 44.4 Å². The number of aromatic nitrogens is 2. The summed E-state index contributed by atoms with van der Waals surface area (Å²) in [4.78, 5) is 12.2. The van der Waals surface area contributed by atoms with Crippen molar-refractivity contribution in [3.05, 3.63) is 41.6 Å². The molecule has 1 aliphatic rings. The van der Waals surface area contributed by atoms with Crippen molar-refractivity contribution in [1.82, 2.24) is 10.2 Å². The van der Waals surface area contributed by atoms with Crippen molar-refractivity contribution in [3.63, 3.8) is 0 Å². The van der Waals surface area contributed by atoms with Gasteiger partial charge >= 0.3 is 0 Å². The average Bonchev–Trinajstić information content (AvgIpc) is 2.81. The molecule has 5 nitrogen and oxygen atoms in total. The second kappa shape index (κ2) is 6.64. The van der Waals surface area contributed by atoms with Gasteiger partial charge in [-0.15, -0.1) is 0 Å². The SMILES string of the molecule is Nc1cccc(C(=O)Nc2cc(C3CCCCCC3)[nH]n2)c1. The van der Waals surface area contributed by atoms with Gasteiger partial charge in [0.1, 0.15) is 0 Å². The van der Waals surface area contributed by atoms with E-state index in [0.717, 1.165) is 5.69 Å². The van der Waals surface area contributed by atoms with E-state index in [4.69, 9.17) is 5.73 Å². The zero-order chi connectivity index (χ0) is 15.4. The Morgan fingerprint density at radius 3 is 2.68 bits per heavy atom. The fraction of sp³-hybridized carbons (Fsp3) is 0.412. The average molecular weight is 298 g/mol. The van der Waals surface area contributed by atoms with Crippen LogP contribution in [0.1, 0.15) is 60.5 Å². The number of nitrogen functional groups attached to an aromatic ring is 1. The number of nitrogens with two attached hydrogens (primary N) is 1. The van der Waals surface area contributed by atoms with Crippen LogP contribution in [0.2, 0.25) is 0 Å². The fourth-order valence-electron chi connectivity index (χ4n) is 3.07. The minimum atomic E-state index is -0.189. The van der Waals surface area contributed by atoms with Gasteiger partial charge in [-0.3, -0.25) is 9.89 Å². The van der Waals surface area contributed by atoms with Gasteiger partial charge in [-0.2, -0.15) is 5.10 Å². The summed E-state index contributed by atoms with van der Waals surface area (Å²) in [5.41, 5.74) is 7.95. The van der Waals surface area contributed by atoms with Crippen LogP contribution in [0.25, 0.3) is 0 Å². The molecule has 1 aliphatic carbocycles. The molecular weight excluding hydrogens is 276 g/mol. The summed E-state index contributed by atoms with van der Waals surface area (Å²) in [6, 6.07) is 8.89. The van der Waals surface area contributed by atoms with Crippen LogP contribution >= 0.6 is 0 Å².